The first-order chi connectivity index (χ1) is 9.47. The van der Waals surface area contributed by atoms with Crippen molar-refractivity contribution < 1.29 is 9.90 Å². The minimum atomic E-state index is -0.904. The minimum absolute atomic E-state index is 0.325. The molecule has 20 heavy (non-hydrogen) atoms. The van der Waals surface area contributed by atoms with Crippen molar-refractivity contribution >= 4 is 33.7 Å². The van der Waals surface area contributed by atoms with Crippen LogP contribution >= 0.6 is 27.7 Å². The summed E-state index contributed by atoms with van der Waals surface area (Å²) in [7, 11) is 0. The molecule has 0 aliphatic carbocycles. The maximum absolute atomic E-state index is 11.2. The van der Waals surface area contributed by atoms with E-state index in [1.54, 1.807) is 12.1 Å². The van der Waals surface area contributed by atoms with E-state index in [0.29, 0.717) is 11.5 Å². The number of hydrogen-bond donors (Lipinski definition) is 1. The minimum Gasteiger partial charge on any atom is -0.478 e. The Labute approximate surface area is 131 Å². The Kier molecular flexibility index (Phi) is 4.89. The Morgan fingerprint density at radius 1 is 1.15 bits per heavy atom. The van der Waals surface area contributed by atoms with Crippen molar-refractivity contribution in [3.63, 3.8) is 0 Å². The fourth-order valence-electron chi connectivity index (χ4n) is 1.81. The molecule has 0 saturated heterocycles. The number of benzene rings is 2. The second-order valence-corrected chi connectivity index (χ2v) is 6.80. The van der Waals surface area contributed by atoms with Crippen LogP contribution in [-0.4, -0.2) is 11.1 Å². The van der Waals surface area contributed by atoms with Gasteiger partial charge in [-0.05, 0) is 41.8 Å². The zero-order valence-electron chi connectivity index (χ0n) is 11.3. The molecule has 0 aromatic heterocycles. The van der Waals surface area contributed by atoms with Crippen molar-refractivity contribution in [2.45, 2.75) is 29.6 Å². The predicted molar refractivity (Wildman–Crippen MR) is 85.8 cm³/mol. The van der Waals surface area contributed by atoms with Gasteiger partial charge in [-0.2, -0.15) is 0 Å². The fraction of sp³-hybridized carbons (Fsp3) is 0.188. The number of carbonyl (C=O) groups is 1. The molecule has 0 saturated carbocycles. The lowest BCUT2D eigenvalue weighted by Crippen LogP contribution is -1.98. The van der Waals surface area contributed by atoms with Gasteiger partial charge in [-0.25, -0.2) is 4.79 Å². The number of aromatic carboxylic acids is 1. The van der Waals surface area contributed by atoms with Crippen LogP contribution in [0.2, 0.25) is 0 Å². The molecule has 2 nitrogen and oxygen atoms in total. The number of rotatable bonds is 4. The summed E-state index contributed by atoms with van der Waals surface area (Å²) >= 11 is 4.85. The van der Waals surface area contributed by atoms with Gasteiger partial charge in [0.05, 0.1) is 5.56 Å². The molecule has 0 bridgehead atoms. The topological polar surface area (TPSA) is 37.3 Å². The van der Waals surface area contributed by atoms with Gasteiger partial charge >= 0.3 is 5.97 Å². The van der Waals surface area contributed by atoms with Crippen molar-refractivity contribution in [3.8, 4) is 0 Å². The molecule has 4 heteroatoms. The average Bonchev–Trinajstić information content (AvgIpc) is 2.39. The molecule has 0 spiro atoms. The van der Waals surface area contributed by atoms with E-state index in [-0.39, 0.29) is 0 Å². The molecular weight excluding hydrogens is 336 g/mol. The summed E-state index contributed by atoms with van der Waals surface area (Å²) in [5.74, 6) is -0.409. The maximum Gasteiger partial charge on any atom is 0.336 e. The van der Waals surface area contributed by atoms with Gasteiger partial charge < -0.3 is 5.11 Å². The van der Waals surface area contributed by atoms with Gasteiger partial charge in [0.1, 0.15) is 0 Å². The Bertz CT molecular complexity index is 621. The van der Waals surface area contributed by atoms with Crippen molar-refractivity contribution in [1.29, 1.82) is 0 Å². The quantitative estimate of drug-likeness (QED) is 0.799. The molecule has 2 aromatic carbocycles. The van der Waals surface area contributed by atoms with Crippen molar-refractivity contribution in [3.05, 3.63) is 58.1 Å². The number of halogens is 1. The first-order valence-electron chi connectivity index (χ1n) is 6.28. The third-order valence-electron chi connectivity index (χ3n) is 2.95. The molecule has 0 amide bonds. The van der Waals surface area contributed by atoms with Crippen LogP contribution in [0.15, 0.2) is 56.7 Å². The van der Waals surface area contributed by atoms with Crippen LogP contribution in [-0.2, 0) is 0 Å². The summed E-state index contributed by atoms with van der Waals surface area (Å²) in [5.41, 5.74) is 1.60. The van der Waals surface area contributed by atoms with Gasteiger partial charge in [0.15, 0.2) is 0 Å². The summed E-state index contributed by atoms with van der Waals surface area (Å²) in [6.45, 7) is 4.30. The highest BCUT2D eigenvalue weighted by atomic mass is 79.9. The van der Waals surface area contributed by atoms with E-state index in [0.717, 1.165) is 14.3 Å². The van der Waals surface area contributed by atoms with Gasteiger partial charge in [0.2, 0.25) is 0 Å². The lowest BCUT2D eigenvalue weighted by molar-refractivity contribution is 0.0693. The first-order valence-corrected chi connectivity index (χ1v) is 7.89. The molecular formula is C16H15BrO2S. The fourth-order valence-corrected chi connectivity index (χ4v) is 3.29. The largest absolute Gasteiger partial charge is 0.478 e. The Balaban J connectivity index is 2.29. The lowest BCUT2D eigenvalue weighted by atomic mass is 10.0. The van der Waals surface area contributed by atoms with Gasteiger partial charge in [-0.1, -0.05) is 53.7 Å². The van der Waals surface area contributed by atoms with E-state index in [1.807, 2.05) is 18.2 Å². The molecule has 0 unspecified atom stereocenters. The van der Waals surface area contributed by atoms with Crippen LogP contribution in [0.1, 0.15) is 35.7 Å². The van der Waals surface area contributed by atoms with Crippen molar-refractivity contribution in [2.75, 3.05) is 0 Å². The number of carboxylic acids is 1. The highest BCUT2D eigenvalue weighted by Gasteiger charge is 2.11. The van der Waals surface area contributed by atoms with Gasteiger partial charge in [0, 0.05) is 14.3 Å². The Hall–Kier alpha value is -1.26. The highest BCUT2D eigenvalue weighted by molar-refractivity contribution is 9.10. The third kappa shape index (κ3) is 3.64. The SMILES string of the molecule is CC(C)c1ccc(Sc2cc(Br)ccc2C(=O)O)cc1. The normalized spacial score (nSPS) is 10.8. The number of hydrogen-bond acceptors (Lipinski definition) is 2. The maximum atomic E-state index is 11.2. The Morgan fingerprint density at radius 2 is 1.80 bits per heavy atom. The van der Waals surface area contributed by atoms with E-state index < -0.39 is 5.97 Å². The highest BCUT2D eigenvalue weighted by Crippen LogP contribution is 2.33. The van der Waals surface area contributed by atoms with Crippen molar-refractivity contribution in [2.24, 2.45) is 0 Å². The smallest absolute Gasteiger partial charge is 0.336 e. The Morgan fingerprint density at radius 3 is 2.35 bits per heavy atom. The van der Waals surface area contributed by atoms with E-state index in [2.05, 4.69) is 41.9 Å². The first kappa shape index (κ1) is 15.1. The molecule has 0 aliphatic rings. The summed E-state index contributed by atoms with van der Waals surface area (Å²) in [6.07, 6.45) is 0. The molecule has 0 aliphatic heterocycles. The second kappa shape index (κ2) is 6.46. The van der Waals surface area contributed by atoms with Crippen LogP contribution in [0, 0.1) is 0 Å². The molecule has 0 radical (unpaired) electrons. The van der Waals surface area contributed by atoms with E-state index >= 15 is 0 Å². The van der Waals surface area contributed by atoms with E-state index in [1.165, 1.54) is 17.3 Å². The molecule has 104 valence electrons. The molecule has 0 heterocycles. The van der Waals surface area contributed by atoms with Crippen LogP contribution in [0.5, 0.6) is 0 Å². The third-order valence-corrected chi connectivity index (χ3v) is 4.51. The predicted octanol–water partition coefficient (Wildman–Crippen LogP) is 5.42. The van der Waals surface area contributed by atoms with Crippen LogP contribution < -0.4 is 0 Å². The van der Waals surface area contributed by atoms with Gasteiger partial charge in [-0.3, -0.25) is 0 Å². The zero-order valence-corrected chi connectivity index (χ0v) is 13.7. The standard InChI is InChI=1S/C16H15BrO2S/c1-10(2)11-3-6-13(7-4-11)20-15-9-12(17)5-8-14(15)16(18)19/h3-10H,1-2H3,(H,18,19). The molecule has 0 fully saturated rings. The van der Waals surface area contributed by atoms with Crippen LogP contribution in [0.25, 0.3) is 0 Å². The van der Waals surface area contributed by atoms with Crippen LogP contribution in [0.4, 0.5) is 0 Å². The van der Waals surface area contributed by atoms with E-state index in [9.17, 15) is 9.90 Å². The monoisotopic (exact) mass is 350 g/mol. The molecule has 0 atom stereocenters. The summed E-state index contributed by atoms with van der Waals surface area (Å²) in [4.78, 5) is 13.0. The van der Waals surface area contributed by atoms with Crippen LogP contribution in [0.3, 0.4) is 0 Å². The van der Waals surface area contributed by atoms with Crippen molar-refractivity contribution in [1.82, 2.24) is 0 Å². The second-order valence-electron chi connectivity index (χ2n) is 4.77. The molecule has 2 aromatic rings. The average molecular weight is 351 g/mol. The summed E-state index contributed by atoms with van der Waals surface area (Å²) in [5, 5.41) is 9.22. The molecule has 2 rings (SSSR count). The lowest BCUT2D eigenvalue weighted by Gasteiger charge is -2.09. The summed E-state index contributed by atoms with van der Waals surface area (Å²) < 4.78 is 0.879. The molecule has 1 N–H and O–H groups in total. The summed E-state index contributed by atoms with van der Waals surface area (Å²) in [6, 6.07) is 13.5. The number of carboxylic acid groups (broad SMARTS) is 1. The van der Waals surface area contributed by atoms with Gasteiger partial charge in [0.25, 0.3) is 0 Å². The zero-order chi connectivity index (χ0) is 14.7. The van der Waals surface area contributed by atoms with E-state index in [4.69, 9.17) is 0 Å². The van der Waals surface area contributed by atoms with Gasteiger partial charge in [-0.15, -0.1) is 0 Å².